The van der Waals surface area contributed by atoms with Crippen LogP contribution in [0.3, 0.4) is 0 Å². The van der Waals surface area contributed by atoms with Crippen LogP contribution in [-0.2, 0) is 0 Å². The van der Waals surface area contributed by atoms with Gasteiger partial charge >= 0.3 is 0 Å². The molecule has 0 aliphatic rings. The van der Waals surface area contributed by atoms with E-state index >= 15 is 0 Å². The molecule has 0 spiro atoms. The number of nitrogens with one attached hydrogen (secondary N) is 1. The van der Waals surface area contributed by atoms with E-state index in [1.807, 2.05) is 18.3 Å². The van der Waals surface area contributed by atoms with Crippen LogP contribution in [0.15, 0.2) is 36.5 Å². The Balaban J connectivity index is 0.000000171. The zero-order valence-electron chi connectivity index (χ0n) is 7.72. The summed E-state index contributed by atoms with van der Waals surface area (Å²) in [7, 11) is 0. The van der Waals surface area contributed by atoms with Crippen molar-refractivity contribution in [1.29, 1.82) is 0 Å². The zero-order valence-corrected chi connectivity index (χ0v) is 9.51. The molecule has 0 unspecified atom stereocenters. The second-order valence-electron chi connectivity index (χ2n) is 2.78. The SMILES string of the molecule is NCC(S)S.c1ccc2[nH]ccc2c1. The molecule has 2 rings (SSSR count). The van der Waals surface area contributed by atoms with Gasteiger partial charge in [-0.05, 0) is 17.5 Å². The van der Waals surface area contributed by atoms with Gasteiger partial charge < -0.3 is 10.7 Å². The minimum atomic E-state index is 0.0509. The Morgan fingerprint density at radius 1 is 1.21 bits per heavy atom. The molecule has 0 atom stereocenters. The highest BCUT2D eigenvalue weighted by Crippen LogP contribution is 2.09. The minimum Gasteiger partial charge on any atom is -0.361 e. The fourth-order valence-electron chi connectivity index (χ4n) is 0.995. The van der Waals surface area contributed by atoms with E-state index in [-0.39, 0.29) is 4.58 Å². The second-order valence-corrected chi connectivity index (χ2v) is 4.44. The summed E-state index contributed by atoms with van der Waals surface area (Å²) in [5.74, 6) is 0. The standard InChI is InChI=1S/C8H7N.C2H7NS2/c1-2-4-8-7(3-1)5-6-9-8;3-1-2(4)5/h1-6,9H;2,4-5H,1,3H2. The van der Waals surface area contributed by atoms with Crippen LogP contribution in [-0.4, -0.2) is 16.1 Å². The quantitative estimate of drug-likeness (QED) is 0.437. The van der Waals surface area contributed by atoms with Crippen molar-refractivity contribution in [2.45, 2.75) is 4.58 Å². The van der Waals surface area contributed by atoms with E-state index in [2.05, 4.69) is 48.4 Å². The Bertz CT molecular complexity index is 341. The van der Waals surface area contributed by atoms with Crippen LogP contribution in [0.25, 0.3) is 10.9 Å². The van der Waals surface area contributed by atoms with Crippen LogP contribution in [0.4, 0.5) is 0 Å². The molecule has 76 valence electrons. The third-order valence-electron chi connectivity index (χ3n) is 1.67. The number of aromatic amines is 1. The smallest absolute Gasteiger partial charge is 0.0564 e. The molecular formula is C10H14N2S2. The summed E-state index contributed by atoms with van der Waals surface area (Å²) in [5.41, 5.74) is 6.22. The van der Waals surface area contributed by atoms with Crippen molar-refractivity contribution in [1.82, 2.24) is 4.98 Å². The number of H-pyrrole nitrogens is 1. The number of para-hydroxylation sites is 1. The highest BCUT2D eigenvalue weighted by molar-refractivity contribution is 7.99. The summed E-state index contributed by atoms with van der Waals surface area (Å²) in [6.07, 6.45) is 1.95. The molecule has 3 N–H and O–H groups in total. The number of nitrogens with two attached hydrogens (primary N) is 1. The molecule has 1 aromatic heterocycles. The summed E-state index contributed by atoms with van der Waals surface area (Å²) in [6, 6.07) is 10.3. The van der Waals surface area contributed by atoms with E-state index in [1.54, 1.807) is 0 Å². The molecule has 1 heterocycles. The molecule has 0 aliphatic carbocycles. The van der Waals surface area contributed by atoms with Gasteiger partial charge in [0.1, 0.15) is 0 Å². The Morgan fingerprint density at radius 2 is 1.86 bits per heavy atom. The molecule has 0 fully saturated rings. The summed E-state index contributed by atoms with van der Waals surface area (Å²) < 4.78 is 0.0509. The van der Waals surface area contributed by atoms with Crippen molar-refractivity contribution >= 4 is 36.2 Å². The predicted molar refractivity (Wildman–Crippen MR) is 69.1 cm³/mol. The largest absolute Gasteiger partial charge is 0.361 e. The van der Waals surface area contributed by atoms with Crippen molar-refractivity contribution < 1.29 is 0 Å². The fourth-order valence-corrected chi connectivity index (χ4v) is 0.995. The normalized spacial score (nSPS) is 10.0. The lowest BCUT2D eigenvalue weighted by Gasteiger charge is -1.89. The van der Waals surface area contributed by atoms with E-state index in [1.165, 1.54) is 10.9 Å². The number of hydrogen-bond donors (Lipinski definition) is 4. The number of rotatable bonds is 1. The third-order valence-corrected chi connectivity index (χ3v) is 2.09. The number of fused-ring (bicyclic) bond motifs is 1. The van der Waals surface area contributed by atoms with Gasteiger partial charge in [-0.3, -0.25) is 0 Å². The molecule has 0 radical (unpaired) electrons. The van der Waals surface area contributed by atoms with E-state index in [0.717, 1.165) is 0 Å². The molecule has 0 amide bonds. The lowest BCUT2D eigenvalue weighted by Crippen LogP contribution is -2.06. The molecular weight excluding hydrogens is 212 g/mol. The number of benzene rings is 1. The Labute approximate surface area is 94.7 Å². The van der Waals surface area contributed by atoms with Gasteiger partial charge in [0.15, 0.2) is 0 Å². The Hall–Kier alpha value is -0.580. The maximum absolute atomic E-state index is 5.02. The van der Waals surface area contributed by atoms with Crippen LogP contribution in [0, 0.1) is 0 Å². The maximum atomic E-state index is 5.02. The summed E-state index contributed by atoms with van der Waals surface area (Å²) in [5, 5.41) is 1.28. The van der Waals surface area contributed by atoms with E-state index in [9.17, 15) is 0 Å². The Kier molecular flexibility index (Phi) is 4.93. The van der Waals surface area contributed by atoms with Crippen molar-refractivity contribution in [3.63, 3.8) is 0 Å². The van der Waals surface area contributed by atoms with Crippen LogP contribution >= 0.6 is 25.3 Å². The highest BCUT2D eigenvalue weighted by Gasteiger charge is 1.86. The molecule has 1 aromatic carbocycles. The lowest BCUT2D eigenvalue weighted by molar-refractivity contribution is 1.12. The molecule has 0 bridgehead atoms. The average molecular weight is 226 g/mol. The summed E-state index contributed by atoms with van der Waals surface area (Å²) in [4.78, 5) is 3.12. The van der Waals surface area contributed by atoms with Crippen LogP contribution < -0.4 is 5.73 Å². The van der Waals surface area contributed by atoms with Crippen LogP contribution in [0.1, 0.15) is 0 Å². The van der Waals surface area contributed by atoms with Gasteiger partial charge in [0.2, 0.25) is 0 Å². The van der Waals surface area contributed by atoms with Crippen LogP contribution in [0.5, 0.6) is 0 Å². The van der Waals surface area contributed by atoms with Gasteiger partial charge in [-0.2, -0.15) is 25.3 Å². The van der Waals surface area contributed by atoms with Gasteiger partial charge in [-0.1, -0.05) is 18.2 Å². The molecule has 0 saturated heterocycles. The molecule has 14 heavy (non-hydrogen) atoms. The first-order valence-corrected chi connectivity index (χ1v) is 5.35. The second kappa shape index (κ2) is 6.01. The third kappa shape index (κ3) is 3.65. The van der Waals surface area contributed by atoms with Gasteiger partial charge in [0.25, 0.3) is 0 Å². The summed E-state index contributed by atoms with van der Waals surface area (Å²) >= 11 is 7.67. The monoisotopic (exact) mass is 226 g/mol. The first-order valence-electron chi connectivity index (χ1n) is 4.32. The first-order chi connectivity index (χ1) is 6.74. The van der Waals surface area contributed by atoms with Crippen molar-refractivity contribution in [3.8, 4) is 0 Å². The first kappa shape index (κ1) is 11.5. The van der Waals surface area contributed by atoms with Gasteiger partial charge in [-0.15, -0.1) is 0 Å². The topological polar surface area (TPSA) is 41.8 Å². The molecule has 4 heteroatoms. The molecule has 2 nitrogen and oxygen atoms in total. The van der Waals surface area contributed by atoms with Crippen molar-refractivity contribution in [3.05, 3.63) is 36.5 Å². The van der Waals surface area contributed by atoms with Crippen molar-refractivity contribution in [2.75, 3.05) is 6.54 Å². The number of hydrogen-bond acceptors (Lipinski definition) is 3. The molecule has 0 saturated carbocycles. The summed E-state index contributed by atoms with van der Waals surface area (Å²) in [6.45, 7) is 0.534. The van der Waals surface area contributed by atoms with E-state index < -0.39 is 0 Å². The maximum Gasteiger partial charge on any atom is 0.0564 e. The Morgan fingerprint density at radius 3 is 2.43 bits per heavy atom. The number of thiol groups is 2. The predicted octanol–water partition coefficient (Wildman–Crippen LogP) is 2.30. The van der Waals surface area contributed by atoms with E-state index in [4.69, 9.17) is 5.73 Å². The van der Waals surface area contributed by atoms with Crippen LogP contribution in [0.2, 0.25) is 0 Å². The minimum absolute atomic E-state index is 0.0509. The van der Waals surface area contributed by atoms with Crippen molar-refractivity contribution in [2.24, 2.45) is 5.73 Å². The molecule has 2 aromatic rings. The zero-order chi connectivity index (χ0) is 10.4. The lowest BCUT2D eigenvalue weighted by atomic mass is 10.3. The average Bonchev–Trinajstić information content (AvgIpc) is 2.66. The molecule has 0 aliphatic heterocycles. The van der Waals surface area contributed by atoms with Gasteiger partial charge in [0, 0.05) is 18.3 Å². The fraction of sp³-hybridized carbons (Fsp3) is 0.200. The van der Waals surface area contributed by atoms with Gasteiger partial charge in [-0.25, -0.2) is 0 Å². The number of aromatic nitrogens is 1. The van der Waals surface area contributed by atoms with Gasteiger partial charge in [0.05, 0.1) is 4.58 Å². The highest BCUT2D eigenvalue weighted by atomic mass is 32.2. The van der Waals surface area contributed by atoms with E-state index in [0.29, 0.717) is 6.54 Å².